The fraction of sp³-hybridized carbons (Fsp3) is 0.250. The molecule has 2 aromatic heterocycles. The van der Waals surface area contributed by atoms with Crippen molar-refractivity contribution in [2.75, 3.05) is 31.1 Å². The van der Waals surface area contributed by atoms with Crippen LogP contribution in [-0.2, 0) is 0 Å². The molecule has 0 saturated carbocycles. The number of nitrogens with zero attached hydrogens (tertiary/aromatic N) is 3. The summed E-state index contributed by atoms with van der Waals surface area (Å²) in [5.41, 5.74) is 2.24. The van der Waals surface area contributed by atoms with Crippen LogP contribution in [0.15, 0.2) is 51.7 Å². The summed E-state index contributed by atoms with van der Waals surface area (Å²) in [6.45, 7) is 2.69. The molecule has 6 nitrogen and oxygen atoms in total. The Kier molecular flexibility index (Phi) is 3.07. The van der Waals surface area contributed by atoms with E-state index in [9.17, 15) is 4.79 Å². The number of hydrogen-bond acceptors (Lipinski definition) is 5. The van der Waals surface area contributed by atoms with Gasteiger partial charge in [0.15, 0.2) is 5.58 Å². The minimum absolute atomic E-state index is 0.00552. The lowest BCUT2D eigenvalue weighted by molar-refractivity contribution is 0.0744. The van der Waals surface area contributed by atoms with E-state index >= 15 is 0 Å². The first-order valence-corrected chi connectivity index (χ1v) is 7.23. The molecule has 3 heterocycles. The van der Waals surface area contributed by atoms with Crippen LogP contribution in [0.2, 0.25) is 0 Å². The van der Waals surface area contributed by atoms with Crippen LogP contribution in [-0.4, -0.2) is 42.0 Å². The lowest BCUT2D eigenvalue weighted by Crippen LogP contribution is -2.48. The van der Waals surface area contributed by atoms with Crippen LogP contribution < -0.4 is 4.90 Å². The summed E-state index contributed by atoms with van der Waals surface area (Å²) < 4.78 is 10.7. The molecule has 1 aliphatic heterocycles. The Hall–Kier alpha value is -2.76. The summed E-state index contributed by atoms with van der Waals surface area (Å²) in [6, 6.07) is 10.0. The number of benzene rings is 1. The maximum Gasteiger partial charge on any atom is 0.298 e. The summed E-state index contributed by atoms with van der Waals surface area (Å²) in [5.74, 6) is 0.00552. The molecule has 22 heavy (non-hydrogen) atoms. The van der Waals surface area contributed by atoms with Crippen molar-refractivity contribution in [3.63, 3.8) is 0 Å². The number of hydrogen-bond donors (Lipinski definition) is 0. The Morgan fingerprint density at radius 1 is 1.09 bits per heavy atom. The molecule has 0 spiro atoms. The number of carbonyl (C=O) groups is 1. The SMILES string of the molecule is O=C(c1ccoc1)N1CCN(c2nc3ccccc3o2)CC1. The second-order valence-electron chi connectivity index (χ2n) is 5.26. The van der Waals surface area contributed by atoms with Gasteiger partial charge in [-0.1, -0.05) is 12.1 Å². The van der Waals surface area contributed by atoms with E-state index in [2.05, 4.69) is 9.88 Å². The highest BCUT2D eigenvalue weighted by Crippen LogP contribution is 2.22. The average Bonchev–Trinajstić information content (AvgIpc) is 3.23. The molecule has 3 aromatic rings. The van der Waals surface area contributed by atoms with Gasteiger partial charge in [-0.2, -0.15) is 4.98 Å². The minimum atomic E-state index is 0.00552. The first-order valence-electron chi connectivity index (χ1n) is 7.23. The average molecular weight is 297 g/mol. The van der Waals surface area contributed by atoms with Gasteiger partial charge < -0.3 is 18.6 Å². The molecule has 0 aliphatic carbocycles. The van der Waals surface area contributed by atoms with Crippen molar-refractivity contribution < 1.29 is 13.6 Å². The van der Waals surface area contributed by atoms with Crippen molar-refractivity contribution in [2.45, 2.75) is 0 Å². The normalized spacial score (nSPS) is 15.5. The summed E-state index contributed by atoms with van der Waals surface area (Å²) >= 11 is 0. The Bertz CT molecular complexity index is 753. The zero-order valence-corrected chi connectivity index (χ0v) is 11.9. The number of amides is 1. The van der Waals surface area contributed by atoms with E-state index in [4.69, 9.17) is 8.83 Å². The molecule has 6 heteroatoms. The minimum Gasteiger partial charge on any atom is -0.472 e. The predicted molar refractivity (Wildman–Crippen MR) is 80.8 cm³/mol. The summed E-state index contributed by atoms with van der Waals surface area (Å²) in [7, 11) is 0. The monoisotopic (exact) mass is 297 g/mol. The molecule has 4 rings (SSSR count). The molecule has 0 atom stereocenters. The predicted octanol–water partition coefficient (Wildman–Crippen LogP) is 2.38. The van der Waals surface area contributed by atoms with E-state index in [0.717, 1.165) is 11.1 Å². The third kappa shape index (κ3) is 2.22. The quantitative estimate of drug-likeness (QED) is 0.726. The van der Waals surface area contributed by atoms with Crippen molar-refractivity contribution in [1.29, 1.82) is 0 Å². The van der Waals surface area contributed by atoms with E-state index in [1.165, 1.54) is 12.5 Å². The van der Waals surface area contributed by atoms with Crippen LogP contribution in [0.25, 0.3) is 11.1 Å². The van der Waals surface area contributed by atoms with Gasteiger partial charge >= 0.3 is 0 Å². The molecule has 0 radical (unpaired) electrons. The van der Waals surface area contributed by atoms with Crippen LogP contribution in [0.3, 0.4) is 0 Å². The van der Waals surface area contributed by atoms with Crippen LogP contribution in [0.1, 0.15) is 10.4 Å². The molecular weight excluding hydrogens is 282 g/mol. The van der Waals surface area contributed by atoms with Crippen molar-refractivity contribution >= 4 is 23.0 Å². The first kappa shape index (κ1) is 12.9. The van der Waals surface area contributed by atoms with Crippen molar-refractivity contribution in [2.24, 2.45) is 0 Å². The highest BCUT2D eigenvalue weighted by Gasteiger charge is 2.25. The van der Waals surface area contributed by atoms with Crippen molar-refractivity contribution in [3.8, 4) is 0 Å². The summed E-state index contributed by atoms with van der Waals surface area (Å²) in [5, 5.41) is 0. The maximum atomic E-state index is 12.3. The number of para-hydroxylation sites is 2. The third-order valence-electron chi connectivity index (χ3n) is 3.89. The molecule has 1 aromatic carbocycles. The second-order valence-corrected chi connectivity index (χ2v) is 5.26. The number of carbonyl (C=O) groups excluding carboxylic acids is 1. The first-order chi connectivity index (χ1) is 10.8. The molecule has 1 saturated heterocycles. The molecule has 1 fully saturated rings. The van der Waals surface area contributed by atoms with Crippen molar-refractivity contribution in [1.82, 2.24) is 9.88 Å². The maximum absolute atomic E-state index is 12.3. The van der Waals surface area contributed by atoms with E-state index in [0.29, 0.717) is 37.8 Å². The standard InChI is InChI=1S/C16H15N3O3/c20-15(12-5-10-21-11-12)18-6-8-19(9-7-18)16-17-13-3-1-2-4-14(13)22-16/h1-5,10-11H,6-9H2. The number of oxazole rings is 1. The van der Waals surface area contributed by atoms with Crippen LogP contribution in [0.5, 0.6) is 0 Å². The fourth-order valence-electron chi connectivity index (χ4n) is 2.66. The van der Waals surface area contributed by atoms with Gasteiger partial charge in [0, 0.05) is 26.2 Å². The number of fused-ring (bicyclic) bond motifs is 1. The molecule has 0 N–H and O–H groups in total. The Balaban J connectivity index is 1.46. The highest BCUT2D eigenvalue weighted by molar-refractivity contribution is 5.94. The molecule has 1 aliphatic rings. The highest BCUT2D eigenvalue weighted by atomic mass is 16.4. The lowest BCUT2D eigenvalue weighted by atomic mass is 10.2. The zero-order chi connectivity index (χ0) is 14.9. The van der Waals surface area contributed by atoms with E-state index < -0.39 is 0 Å². The van der Waals surface area contributed by atoms with E-state index in [1.54, 1.807) is 6.07 Å². The van der Waals surface area contributed by atoms with E-state index in [-0.39, 0.29) is 5.91 Å². The van der Waals surface area contributed by atoms with Gasteiger partial charge in [-0.3, -0.25) is 4.79 Å². The molecule has 1 amide bonds. The zero-order valence-electron chi connectivity index (χ0n) is 11.9. The lowest BCUT2D eigenvalue weighted by Gasteiger charge is -2.33. The summed E-state index contributed by atoms with van der Waals surface area (Å²) in [6.07, 6.45) is 3.00. The topological polar surface area (TPSA) is 62.7 Å². The van der Waals surface area contributed by atoms with Crippen LogP contribution in [0, 0.1) is 0 Å². The van der Waals surface area contributed by atoms with Gasteiger partial charge in [-0.25, -0.2) is 0 Å². The second kappa shape index (κ2) is 5.22. The fourth-order valence-corrected chi connectivity index (χ4v) is 2.66. The molecule has 0 bridgehead atoms. The number of anilines is 1. The van der Waals surface area contributed by atoms with Gasteiger partial charge in [0.25, 0.3) is 11.9 Å². The van der Waals surface area contributed by atoms with E-state index in [1.807, 2.05) is 29.2 Å². The summed E-state index contributed by atoms with van der Waals surface area (Å²) in [4.78, 5) is 20.6. The Morgan fingerprint density at radius 2 is 1.91 bits per heavy atom. The number of furan rings is 1. The number of aromatic nitrogens is 1. The largest absolute Gasteiger partial charge is 0.472 e. The van der Waals surface area contributed by atoms with Crippen LogP contribution in [0.4, 0.5) is 6.01 Å². The van der Waals surface area contributed by atoms with Gasteiger partial charge in [0.1, 0.15) is 11.8 Å². The Labute approximate surface area is 126 Å². The third-order valence-corrected chi connectivity index (χ3v) is 3.89. The van der Waals surface area contributed by atoms with Gasteiger partial charge in [0.2, 0.25) is 0 Å². The smallest absolute Gasteiger partial charge is 0.298 e. The van der Waals surface area contributed by atoms with Crippen molar-refractivity contribution in [3.05, 3.63) is 48.4 Å². The Morgan fingerprint density at radius 3 is 2.64 bits per heavy atom. The number of rotatable bonds is 2. The molecule has 112 valence electrons. The molecule has 0 unspecified atom stereocenters. The molecular formula is C16H15N3O3. The number of piperazine rings is 1. The van der Waals surface area contributed by atoms with Gasteiger partial charge in [-0.15, -0.1) is 0 Å². The van der Waals surface area contributed by atoms with Gasteiger partial charge in [0.05, 0.1) is 11.8 Å². The van der Waals surface area contributed by atoms with Gasteiger partial charge in [-0.05, 0) is 18.2 Å². The van der Waals surface area contributed by atoms with Crippen LogP contribution >= 0.6 is 0 Å².